The fourth-order valence-electron chi connectivity index (χ4n) is 1.31. The Morgan fingerprint density at radius 1 is 1.06 bits per heavy atom. The van der Waals surface area contributed by atoms with Gasteiger partial charge in [0.1, 0.15) is 5.69 Å². The summed E-state index contributed by atoms with van der Waals surface area (Å²) in [7, 11) is 0. The van der Waals surface area contributed by atoms with Crippen molar-refractivity contribution >= 4 is 0 Å². The number of benzene rings is 1. The quantitative estimate of drug-likeness (QED) is 0.718. The highest BCUT2D eigenvalue weighted by Crippen LogP contribution is 2.28. The van der Waals surface area contributed by atoms with Crippen LogP contribution in [0.2, 0.25) is 0 Å². The van der Waals surface area contributed by atoms with Gasteiger partial charge in [-0.15, -0.1) is 0 Å². The smallest absolute Gasteiger partial charge is 0.251 e. The van der Waals surface area contributed by atoms with E-state index in [-0.39, 0.29) is 0 Å². The Hall–Kier alpha value is -1.84. The Morgan fingerprint density at radius 2 is 1.88 bits per heavy atom. The first-order valence-corrected chi connectivity index (χ1v) is 4.57. The van der Waals surface area contributed by atoms with Crippen LogP contribution in [0.25, 0.3) is 11.1 Å². The topological polar surface area (TPSA) is 12.9 Å². The van der Waals surface area contributed by atoms with Crippen LogP contribution in [0.4, 0.5) is 13.2 Å². The first-order valence-electron chi connectivity index (χ1n) is 4.57. The van der Waals surface area contributed by atoms with Gasteiger partial charge in [-0.2, -0.15) is 13.2 Å². The van der Waals surface area contributed by atoms with E-state index in [2.05, 4.69) is 11.1 Å². The Labute approximate surface area is 90.6 Å². The monoisotopic (exact) mass is 222 g/mol. The average molecular weight is 222 g/mol. The number of halogens is 3. The van der Waals surface area contributed by atoms with Crippen LogP contribution in [0.3, 0.4) is 0 Å². The largest absolute Gasteiger partial charge is 0.433 e. The molecule has 0 unspecified atom stereocenters. The predicted molar refractivity (Wildman–Crippen MR) is 53.5 cm³/mol. The summed E-state index contributed by atoms with van der Waals surface area (Å²) in [5, 5.41) is 0. The number of hydrogen-bond acceptors (Lipinski definition) is 1. The third-order valence-electron chi connectivity index (χ3n) is 2.09. The van der Waals surface area contributed by atoms with E-state index >= 15 is 0 Å². The Balaban J connectivity index is 2.34. The molecule has 0 amide bonds. The van der Waals surface area contributed by atoms with E-state index in [4.69, 9.17) is 0 Å². The molecule has 4 heteroatoms. The van der Waals surface area contributed by atoms with Gasteiger partial charge < -0.3 is 0 Å². The fraction of sp³-hybridized carbons (Fsp3) is 0.0833. The van der Waals surface area contributed by atoms with Crippen molar-refractivity contribution in [3.8, 4) is 11.1 Å². The van der Waals surface area contributed by atoms with Crippen molar-refractivity contribution in [3.05, 3.63) is 54.4 Å². The lowest BCUT2D eigenvalue weighted by atomic mass is 10.1. The molecule has 1 heterocycles. The number of hydrogen-bond donors (Lipinski definition) is 0. The molecule has 0 atom stereocenters. The second-order valence-corrected chi connectivity index (χ2v) is 3.22. The number of pyridine rings is 1. The first kappa shape index (κ1) is 10.7. The van der Waals surface area contributed by atoms with Crippen molar-refractivity contribution in [2.75, 3.05) is 0 Å². The summed E-state index contributed by atoms with van der Waals surface area (Å²) in [6.45, 7) is 0. The first-order chi connectivity index (χ1) is 7.57. The molecular formula is C12H7F3N. The van der Waals surface area contributed by atoms with Crippen molar-refractivity contribution in [1.29, 1.82) is 0 Å². The normalized spacial score (nSPS) is 11.4. The van der Waals surface area contributed by atoms with E-state index in [1.54, 1.807) is 24.3 Å². The van der Waals surface area contributed by atoms with E-state index in [1.165, 1.54) is 12.3 Å². The third kappa shape index (κ3) is 2.21. The molecule has 1 aromatic heterocycles. The maximum Gasteiger partial charge on any atom is 0.433 e. The Kier molecular flexibility index (Phi) is 2.64. The molecule has 0 fully saturated rings. The molecule has 1 aromatic carbocycles. The maximum atomic E-state index is 12.3. The summed E-state index contributed by atoms with van der Waals surface area (Å²) >= 11 is 0. The minimum atomic E-state index is -4.39. The van der Waals surface area contributed by atoms with Crippen LogP contribution in [0.1, 0.15) is 5.69 Å². The molecule has 0 N–H and O–H groups in total. The molecule has 0 aliphatic carbocycles. The Bertz CT molecular complexity index is 460. The van der Waals surface area contributed by atoms with Gasteiger partial charge in [0.05, 0.1) is 0 Å². The second kappa shape index (κ2) is 3.96. The fourth-order valence-corrected chi connectivity index (χ4v) is 1.31. The number of alkyl halides is 3. The standard InChI is InChI=1S/C12H7F3N/c13-12(14,15)11-7-6-10(8-16-11)9-4-2-1-3-5-9/h1-2,4-8H. The molecule has 0 bridgehead atoms. The van der Waals surface area contributed by atoms with Crippen LogP contribution >= 0.6 is 0 Å². The number of rotatable bonds is 1. The summed E-state index contributed by atoms with van der Waals surface area (Å²) in [4.78, 5) is 3.39. The minimum absolute atomic E-state index is 0.643. The molecule has 81 valence electrons. The summed E-state index contributed by atoms with van der Waals surface area (Å²) in [5.41, 5.74) is 0.560. The van der Waals surface area contributed by atoms with Gasteiger partial charge in [0, 0.05) is 11.8 Å². The summed E-state index contributed by atoms with van der Waals surface area (Å²) in [6.07, 6.45) is -3.17. The second-order valence-electron chi connectivity index (χ2n) is 3.22. The third-order valence-corrected chi connectivity index (χ3v) is 2.09. The SMILES string of the molecule is FC(F)(F)c1ccc(-c2c[c]ccc2)cn1. The van der Waals surface area contributed by atoms with Crippen LogP contribution < -0.4 is 0 Å². The lowest BCUT2D eigenvalue weighted by Gasteiger charge is -2.06. The summed E-state index contributed by atoms with van der Waals surface area (Å²) in [6, 6.07) is 12.2. The number of aromatic nitrogens is 1. The molecule has 0 aliphatic rings. The average Bonchev–Trinajstić information content (AvgIpc) is 2.29. The molecular weight excluding hydrogens is 215 g/mol. The van der Waals surface area contributed by atoms with Crippen LogP contribution in [-0.2, 0) is 6.18 Å². The van der Waals surface area contributed by atoms with E-state index in [0.29, 0.717) is 5.56 Å². The van der Waals surface area contributed by atoms with Gasteiger partial charge in [-0.05, 0) is 23.8 Å². The highest BCUT2D eigenvalue weighted by atomic mass is 19.4. The van der Waals surface area contributed by atoms with E-state index < -0.39 is 11.9 Å². The van der Waals surface area contributed by atoms with Gasteiger partial charge in [-0.3, -0.25) is 4.98 Å². The van der Waals surface area contributed by atoms with Crippen LogP contribution in [0.15, 0.2) is 42.6 Å². The minimum Gasteiger partial charge on any atom is -0.251 e. The van der Waals surface area contributed by atoms with Gasteiger partial charge in [0.15, 0.2) is 0 Å². The zero-order chi connectivity index (χ0) is 11.6. The molecule has 16 heavy (non-hydrogen) atoms. The summed E-state index contributed by atoms with van der Waals surface area (Å²) < 4.78 is 36.8. The van der Waals surface area contributed by atoms with Crippen LogP contribution in [-0.4, -0.2) is 4.98 Å². The molecule has 2 rings (SSSR count). The lowest BCUT2D eigenvalue weighted by molar-refractivity contribution is -0.141. The van der Waals surface area contributed by atoms with Crippen molar-refractivity contribution < 1.29 is 13.2 Å². The molecule has 0 saturated heterocycles. The molecule has 1 radical (unpaired) electrons. The Morgan fingerprint density at radius 3 is 2.38 bits per heavy atom. The van der Waals surface area contributed by atoms with Crippen LogP contribution in [0.5, 0.6) is 0 Å². The molecule has 2 aromatic rings. The lowest BCUT2D eigenvalue weighted by Crippen LogP contribution is -2.07. The predicted octanol–water partition coefficient (Wildman–Crippen LogP) is 3.57. The van der Waals surface area contributed by atoms with Crippen molar-refractivity contribution in [2.24, 2.45) is 0 Å². The molecule has 0 spiro atoms. The van der Waals surface area contributed by atoms with E-state index in [0.717, 1.165) is 11.6 Å². The zero-order valence-electron chi connectivity index (χ0n) is 8.12. The van der Waals surface area contributed by atoms with Crippen molar-refractivity contribution in [3.63, 3.8) is 0 Å². The van der Waals surface area contributed by atoms with Crippen molar-refractivity contribution in [1.82, 2.24) is 4.98 Å². The van der Waals surface area contributed by atoms with E-state index in [9.17, 15) is 13.2 Å². The van der Waals surface area contributed by atoms with Gasteiger partial charge in [0.2, 0.25) is 0 Å². The maximum absolute atomic E-state index is 12.3. The molecule has 0 saturated carbocycles. The van der Waals surface area contributed by atoms with Gasteiger partial charge in [-0.25, -0.2) is 0 Å². The highest BCUT2D eigenvalue weighted by Gasteiger charge is 2.31. The van der Waals surface area contributed by atoms with Crippen LogP contribution in [0, 0.1) is 6.07 Å². The van der Waals surface area contributed by atoms with E-state index in [1.807, 2.05) is 0 Å². The molecule has 0 aliphatic heterocycles. The molecule has 1 nitrogen and oxygen atoms in total. The number of nitrogens with zero attached hydrogens (tertiary/aromatic N) is 1. The van der Waals surface area contributed by atoms with Crippen molar-refractivity contribution in [2.45, 2.75) is 6.18 Å². The zero-order valence-corrected chi connectivity index (χ0v) is 8.12. The summed E-state index contributed by atoms with van der Waals surface area (Å²) in [5.74, 6) is 0. The van der Waals surface area contributed by atoms with Gasteiger partial charge in [-0.1, -0.05) is 24.3 Å². The van der Waals surface area contributed by atoms with Gasteiger partial charge in [0.25, 0.3) is 0 Å². The highest BCUT2D eigenvalue weighted by molar-refractivity contribution is 5.61. The van der Waals surface area contributed by atoms with Gasteiger partial charge >= 0.3 is 6.18 Å².